The molecule has 0 aromatic heterocycles. The van der Waals surface area contributed by atoms with Gasteiger partial charge in [-0.25, -0.2) is 9.59 Å². The molecular formula is C37H46F3N7O15. The third-order valence-corrected chi connectivity index (χ3v) is 10.6. The van der Waals surface area contributed by atoms with E-state index in [0.29, 0.717) is 11.1 Å². The predicted octanol–water partition coefficient (Wildman–Crippen LogP) is 0.894. The van der Waals surface area contributed by atoms with E-state index in [1.807, 2.05) is 0 Å². The van der Waals surface area contributed by atoms with Crippen LogP contribution >= 0.6 is 0 Å². The number of benzene rings is 2. The zero-order valence-electron chi connectivity index (χ0n) is 33.1. The fraction of sp³-hybridized carbons (Fsp3) is 0.541. The zero-order chi connectivity index (χ0) is 45.5. The van der Waals surface area contributed by atoms with Crippen molar-refractivity contribution in [1.29, 1.82) is 0 Å². The van der Waals surface area contributed by atoms with E-state index in [9.17, 15) is 63.1 Å². The van der Waals surface area contributed by atoms with Crippen molar-refractivity contribution in [3.05, 3.63) is 91.7 Å². The maximum absolute atomic E-state index is 13.3. The molecule has 1 unspecified atom stereocenters. The van der Waals surface area contributed by atoms with Crippen molar-refractivity contribution in [2.75, 3.05) is 20.2 Å². The third-order valence-electron chi connectivity index (χ3n) is 10.6. The summed E-state index contributed by atoms with van der Waals surface area (Å²) in [6.45, 7) is -0.445. The lowest BCUT2D eigenvalue weighted by Gasteiger charge is -2.50. The van der Waals surface area contributed by atoms with Crippen LogP contribution in [0.5, 0.6) is 0 Å². The molecule has 0 radical (unpaired) electrons. The van der Waals surface area contributed by atoms with Crippen LogP contribution in [0.4, 0.5) is 34.1 Å². The number of halogens is 3. The number of amides is 3. The summed E-state index contributed by atoms with van der Waals surface area (Å²) in [4.78, 5) is 59.2. The molecule has 2 aromatic carbocycles. The molecule has 2 fully saturated rings. The molecule has 2 aromatic rings. The molecule has 2 heterocycles. The van der Waals surface area contributed by atoms with Crippen molar-refractivity contribution in [3.63, 3.8) is 0 Å². The Kier molecular flexibility index (Phi) is 15.3. The van der Waals surface area contributed by atoms with Gasteiger partial charge in [-0.15, -0.1) is 0 Å². The number of aliphatic hydroxyl groups excluding tert-OH is 2. The van der Waals surface area contributed by atoms with Crippen molar-refractivity contribution in [2.45, 2.75) is 99.6 Å². The average molecular weight is 886 g/mol. The monoisotopic (exact) mass is 885 g/mol. The number of aliphatic hydroxyl groups is 3. The molecule has 340 valence electrons. The average Bonchev–Trinajstić information content (AvgIpc) is 3.21. The minimum atomic E-state index is -5.25. The standard InChI is InChI=1S/C37H46F3N7O15/c1-36(53)17-60-32(28(49)31(36)42-2)62-29-23(41)13-25(45-35(52)59-16-19-5-9-21(10-6-19)47(56)57)26(27(29)48)30-24(12-11-22(61-30)14-43-33(50)37(38,39)40)44-34(51)58-15-18-3-7-20(8-4-18)46(54)55/h3-11,23-32,42,48-49,53H,12-17,41H2,1-2H3,(H,43,50)(H,44,51)(H,45,52)/t23-,24-,25+,26-,27+,28-,29+,30?,31-,32-,36+/m1/s1. The summed E-state index contributed by atoms with van der Waals surface area (Å²) >= 11 is 0. The van der Waals surface area contributed by atoms with Gasteiger partial charge in [-0.05, 0) is 68.3 Å². The molecule has 0 bridgehead atoms. The van der Waals surface area contributed by atoms with Crippen molar-refractivity contribution < 1.29 is 76.4 Å². The van der Waals surface area contributed by atoms with Crippen molar-refractivity contribution >= 4 is 29.5 Å². The van der Waals surface area contributed by atoms with Crippen LogP contribution in [0.15, 0.2) is 60.4 Å². The van der Waals surface area contributed by atoms with Crippen molar-refractivity contribution in [3.8, 4) is 0 Å². The summed E-state index contributed by atoms with van der Waals surface area (Å²) in [5.74, 6) is -3.90. The molecule has 3 aliphatic rings. The van der Waals surface area contributed by atoms with E-state index in [4.69, 9.17) is 29.4 Å². The molecule has 62 heavy (non-hydrogen) atoms. The van der Waals surface area contributed by atoms with Gasteiger partial charge in [-0.3, -0.25) is 25.0 Å². The highest BCUT2D eigenvalue weighted by molar-refractivity contribution is 5.81. The van der Waals surface area contributed by atoms with E-state index in [1.165, 1.54) is 68.6 Å². The van der Waals surface area contributed by atoms with Crippen LogP contribution in [-0.4, -0.2) is 130 Å². The Bertz CT molecular complexity index is 1960. The first-order chi connectivity index (χ1) is 29.2. The number of nitro groups is 2. The molecule has 1 saturated heterocycles. The fourth-order valence-corrected chi connectivity index (χ4v) is 7.45. The van der Waals surface area contributed by atoms with E-state index in [2.05, 4.69) is 16.0 Å². The van der Waals surface area contributed by atoms with Gasteiger partial charge >= 0.3 is 24.3 Å². The van der Waals surface area contributed by atoms with Crippen LogP contribution in [0.25, 0.3) is 0 Å². The number of carbonyl (C=O) groups excluding carboxylic acids is 3. The molecular weight excluding hydrogens is 839 g/mol. The van der Waals surface area contributed by atoms with Gasteiger partial charge in [0.05, 0.1) is 41.2 Å². The molecule has 2 aliphatic heterocycles. The molecule has 11 atom stereocenters. The van der Waals surface area contributed by atoms with E-state index < -0.39 is 107 Å². The second-order valence-corrected chi connectivity index (χ2v) is 15.0. The maximum atomic E-state index is 13.3. The number of hydrogen-bond acceptors (Lipinski definition) is 17. The molecule has 5 rings (SSSR count). The predicted molar refractivity (Wildman–Crippen MR) is 203 cm³/mol. The van der Waals surface area contributed by atoms with E-state index in [-0.39, 0.29) is 49.8 Å². The van der Waals surface area contributed by atoms with Crippen LogP contribution in [0, 0.1) is 26.1 Å². The third kappa shape index (κ3) is 11.8. The van der Waals surface area contributed by atoms with E-state index in [0.717, 1.165) is 0 Å². The largest absolute Gasteiger partial charge is 0.491 e. The first-order valence-corrected chi connectivity index (χ1v) is 19.0. The number of hydrogen-bond donors (Lipinski definition) is 8. The molecule has 0 spiro atoms. The van der Waals surface area contributed by atoms with Gasteiger partial charge in [-0.2, -0.15) is 13.2 Å². The number of nitrogens with zero attached hydrogens (tertiary/aromatic N) is 2. The Hall–Kier alpha value is -5.70. The Morgan fingerprint density at radius 2 is 1.45 bits per heavy atom. The lowest BCUT2D eigenvalue weighted by atomic mass is 9.72. The minimum Gasteiger partial charge on any atom is -0.491 e. The molecule has 25 heteroatoms. The first kappa shape index (κ1) is 47.4. The summed E-state index contributed by atoms with van der Waals surface area (Å²) in [5.41, 5.74) is 5.29. The zero-order valence-corrected chi connectivity index (χ0v) is 33.1. The summed E-state index contributed by atoms with van der Waals surface area (Å²) in [7, 11) is 1.48. The number of non-ortho nitro benzene ring substituents is 2. The van der Waals surface area contributed by atoms with Gasteiger partial charge in [0.25, 0.3) is 11.4 Å². The van der Waals surface area contributed by atoms with Gasteiger partial charge < -0.3 is 66.0 Å². The number of nitrogens with one attached hydrogen (secondary N) is 4. The molecule has 1 saturated carbocycles. The van der Waals surface area contributed by atoms with Gasteiger partial charge in [0.2, 0.25) is 0 Å². The van der Waals surface area contributed by atoms with Crippen LogP contribution < -0.4 is 27.0 Å². The lowest BCUT2D eigenvalue weighted by molar-refractivity contribution is -0.385. The quantitative estimate of drug-likeness (QED) is 0.0965. The highest BCUT2D eigenvalue weighted by Crippen LogP contribution is 2.37. The van der Waals surface area contributed by atoms with Crippen LogP contribution in [-0.2, 0) is 41.7 Å². The Labute approximate surface area is 350 Å². The molecule has 9 N–H and O–H groups in total. The number of alkyl carbamates (subject to hydrolysis) is 2. The SMILES string of the molecule is CN[C@@H]1[C@@H](O)[C@@H](O[C@@H]2[C@@H](O)[C@H](C3OC(CNC(=O)C(F)(F)F)=CC[C@H]3NC(=O)OCc3ccc([N+](=O)[O-])cc3)[C@@H](NC(=O)OCc3ccc([N+](=O)[O-])cc3)C[C@H]2N)OC[C@]1(C)O. The number of nitrogens with two attached hydrogens (primary N) is 1. The van der Waals surface area contributed by atoms with Crippen LogP contribution in [0.3, 0.4) is 0 Å². The first-order valence-electron chi connectivity index (χ1n) is 19.0. The Morgan fingerprint density at radius 3 is 1.95 bits per heavy atom. The summed E-state index contributed by atoms with van der Waals surface area (Å²) in [5, 5.41) is 65.8. The number of likely N-dealkylation sites (N-methyl/N-ethyl adjacent to an activating group) is 1. The summed E-state index contributed by atoms with van der Waals surface area (Å²) < 4.78 is 67.8. The topological polar surface area (TPSA) is 318 Å². The molecule has 1 aliphatic carbocycles. The van der Waals surface area contributed by atoms with Crippen molar-refractivity contribution in [1.82, 2.24) is 21.3 Å². The van der Waals surface area contributed by atoms with E-state index in [1.54, 1.807) is 5.32 Å². The van der Waals surface area contributed by atoms with Gasteiger partial charge in [0, 0.05) is 42.3 Å². The van der Waals surface area contributed by atoms with Gasteiger partial charge in [0.15, 0.2) is 6.29 Å². The minimum absolute atomic E-state index is 0.198. The van der Waals surface area contributed by atoms with Crippen LogP contribution in [0.1, 0.15) is 30.9 Å². The highest BCUT2D eigenvalue weighted by Gasteiger charge is 2.54. The fourth-order valence-electron chi connectivity index (χ4n) is 7.45. The number of nitro benzene ring substituents is 2. The number of alkyl halides is 3. The maximum Gasteiger partial charge on any atom is 0.471 e. The summed E-state index contributed by atoms with van der Waals surface area (Å²) in [6, 6.07) is 5.68. The van der Waals surface area contributed by atoms with E-state index >= 15 is 0 Å². The van der Waals surface area contributed by atoms with Gasteiger partial charge in [0.1, 0.15) is 42.9 Å². The lowest BCUT2D eigenvalue weighted by Crippen LogP contribution is -2.69. The second-order valence-electron chi connectivity index (χ2n) is 15.0. The van der Waals surface area contributed by atoms with Crippen molar-refractivity contribution in [2.24, 2.45) is 11.7 Å². The van der Waals surface area contributed by atoms with Gasteiger partial charge in [-0.1, -0.05) is 0 Å². The second kappa shape index (κ2) is 20.0. The molecule has 22 nitrogen and oxygen atoms in total. The summed E-state index contributed by atoms with van der Waals surface area (Å²) in [6.07, 6.45) is -14.2. The number of rotatable bonds is 14. The van der Waals surface area contributed by atoms with Crippen LogP contribution in [0.2, 0.25) is 0 Å². The smallest absolute Gasteiger partial charge is 0.471 e. The number of carbonyl (C=O) groups is 3. The normalized spacial score (nSPS) is 29.9. The molecule has 3 amide bonds. The number of ether oxygens (including phenoxy) is 5. The Morgan fingerprint density at radius 1 is 0.919 bits per heavy atom. The highest BCUT2D eigenvalue weighted by atomic mass is 19.4. The Balaban J connectivity index is 1.43.